The highest BCUT2D eigenvalue weighted by Crippen LogP contribution is 2.17. The fraction of sp³-hybridized carbons (Fsp3) is 0.857. The van der Waals surface area contributed by atoms with Crippen molar-refractivity contribution < 1.29 is 9.59 Å². The number of carbonyl (C=O) groups is 2. The number of nitrogens with zero attached hydrogens (tertiary/aromatic N) is 1. The summed E-state index contributed by atoms with van der Waals surface area (Å²) in [6.07, 6.45) is 1.51. The lowest BCUT2D eigenvalue weighted by atomic mass is 9.97. The zero-order chi connectivity index (χ0) is 13.9. The molecule has 1 heterocycles. The average Bonchev–Trinajstić information content (AvgIpc) is 2.29. The van der Waals surface area contributed by atoms with Crippen LogP contribution >= 0.6 is 0 Å². The second-order valence-corrected chi connectivity index (χ2v) is 6.07. The van der Waals surface area contributed by atoms with Crippen LogP contribution in [0.15, 0.2) is 0 Å². The molecule has 3 unspecified atom stereocenters. The molecule has 0 aromatic carbocycles. The molecule has 0 saturated carbocycles. The van der Waals surface area contributed by atoms with Crippen LogP contribution in [0.1, 0.15) is 47.5 Å². The van der Waals surface area contributed by atoms with Crippen molar-refractivity contribution in [3.05, 3.63) is 0 Å². The van der Waals surface area contributed by atoms with Crippen LogP contribution in [0.25, 0.3) is 0 Å². The summed E-state index contributed by atoms with van der Waals surface area (Å²) in [5, 5.41) is 2.74. The maximum Gasteiger partial charge on any atom is 0.245 e. The van der Waals surface area contributed by atoms with Gasteiger partial charge in [0.1, 0.15) is 6.04 Å². The summed E-state index contributed by atoms with van der Waals surface area (Å²) in [7, 11) is 0. The van der Waals surface area contributed by atoms with Gasteiger partial charge in [-0.15, -0.1) is 0 Å². The first-order chi connectivity index (χ1) is 8.31. The number of hydrogen-bond donors (Lipinski definition) is 1. The second-order valence-electron chi connectivity index (χ2n) is 6.07. The van der Waals surface area contributed by atoms with E-state index in [-0.39, 0.29) is 17.9 Å². The summed E-state index contributed by atoms with van der Waals surface area (Å²) >= 11 is 0. The molecule has 0 aromatic heterocycles. The molecule has 4 heteroatoms. The number of nitrogens with one attached hydrogen (secondary N) is 1. The molecule has 1 fully saturated rings. The molecule has 1 rings (SSSR count). The predicted molar refractivity (Wildman–Crippen MR) is 72.0 cm³/mol. The zero-order valence-electron chi connectivity index (χ0n) is 12.2. The fourth-order valence-electron chi connectivity index (χ4n) is 2.69. The van der Waals surface area contributed by atoms with Gasteiger partial charge in [-0.1, -0.05) is 20.8 Å². The Hall–Kier alpha value is -1.06. The topological polar surface area (TPSA) is 49.4 Å². The van der Waals surface area contributed by atoms with E-state index in [2.05, 4.69) is 26.1 Å². The molecule has 0 spiro atoms. The van der Waals surface area contributed by atoms with Gasteiger partial charge in [0.15, 0.2) is 0 Å². The summed E-state index contributed by atoms with van der Waals surface area (Å²) in [4.78, 5) is 25.7. The third-order valence-electron chi connectivity index (χ3n) is 3.43. The molecule has 4 nitrogen and oxygen atoms in total. The summed E-state index contributed by atoms with van der Waals surface area (Å²) in [6, 6.07) is -0.397. The zero-order valence-corrected chi connectivity index (χ0v) is 12.2. The van der Waals surface area contributed by atoms with Gasteiger partial charge in [-0.3, -0.25) is 9.59 Å². The van der Waals surface area contributed by atoms with Crippen LogP contribution < -0.4 is 5.32 Å². The van der Waals surface area contributed by atoms with Gasteiger partial charge >= 0.3 is 0 Å². The molecule has 0 aliphatic carbocycles. The molecular weight excluding hydrogens is 228 g/mol. The molecule has 0 bridgehead atoms. The number of hydrogen-bond acceptors (Lipinski definition) is 2. The molecule has 1 aliphatic heterocycles. The van der Waals surface area contributed by atoms with Crippen molar-refractivity contribution in [1.82, 2.24) is 10.2 Å². The SMILES string of the molecule is CC(C)CC(C)CN1C(=O)C(C)NC(=O)CC1C. The Balaban J connectivity index is 2.71. The molecule has 0 radical (unpaired) electrons. The maximum atomic E-state index is 12.2. The lowest BCUT2D eigenvalue weighted by molar-refractivity contribution is -0.135. The van der Waals surface area contributed by atoms with Gasteiger partial charge in [-0.25, -0.2) is 0 Å². The Morgan fingerprint density at radius 3 is 2.44 bits per heavy atom. The van der Waals surface area contributed by atoms with Crippen LogP contribution in [0.4, 0.5) is 0 Å². The Labute approximate surface area is 110 Å². The van der Waals surface area contributed by atoms with Crippen molar-refractivity contribution in [3.63, 3.8) is 0 Å². The van der Waals surface area contributed by atoms with Gasteiger partial charge in [0.25, 0.3) is 0 Å². The minimum absolute atomic E-state index is 0.00272. The van der Waals surface area contributed by atoms with E-state index in [4.69, 9.17) is 0 Å². The molecular formula is C14H26N2O2. The van der Waals surface area contributed by atoms with E-state index < -0.39 is 6.04 Å². The van der Waals surface area contributed by atoms with Crippen molar-refractivity contribution in [2.24, 2.45) is 11.8 Å². The highest BCUT2D eigenvalue weighted by Gasteiger charge is 2.31. The molecule has 3 atom stereocenters. The van der Waals surface area contributed by atoms with Gasteiger partial charge in [0.05, 0.1) is 0 Å². The smallest absolute Gasteiger partial charge is 0.245 e. The lowest BCUT2D eigenvalue weighted by Gasteiger charge is -2.31. The highest BCUT2D eigenvalue weighted by molar-refractivity contribution is 5.90. The Morgan fingerprint density at radius 1 is 1.28 bits per heavy atom. The molecule has 2 amide bonds. The van der Waals surface area contributed by atoms with Crippen molar-refractivity contribution in [1.29, 1.82) is 0 Å². The number of rotatable bonds is 4. The van der Waals surface area contributed by atoms with E-state index in [9.17, 15) is 9.59 Å². The third-order valence-corrected chi connectivity index (χ3v) is 3.43. The van der Waals surface area contributed by atoms with Crippen LogP contribution in [0, 0.1) is 11.8 Å². The molecule has 1 N–H and O–H groups in total. The molecule has 18 heavy (non-hydrogen) atoms. The molecule has 1 saturated heterocycles. The van der Waals surface area contributed by atoms with Crippen LogP contribution in [0.5, 0.6) is 0 Å². The first-order valence-corrected chi connectivity index (χ1v) is 6.91. The van der Waals surface area contributed by atoms with Crippen molar-refractivity contribution in [2.75, 3.05) is 6.54 Å². The fourth-order valence-corrected chi connectivity index (χ4v) is 2.69. The second kappa shape index (κ2) is 6.21. The molecule has 1 aliphatic rings. The first-order valence-electron chi connectivity index (χ1n) is 6.91. The largest absolute Gasteiger partial charge is 0.345 e. The van der Waals surface area contributed by atoms with Gasteiger partial charge in [0.2, 0.25) is 11.8 Å². The minimum Gasteiger partial charge on any atom is -0.345 e. The standard InChI is InChI=1S/C14H26N2O2/c1-9(2)6-10(3)8-16-11(4)7-13(17)15-12(5)14(16)18/h9-12H,6-8H2,1-5H3,(H,15,17). The molecule has 104 valence electrons. The maximum absolute atomic E-state index is 12.2. The van der Waals surface area contributed by atoms with E-state index in [0.29, 0.717) is 18.3 Å². The monoisotopic (exact) mass is 254 g/mol. The Kier molecular flexibility index (Phi) is 5.17. The highest BCUT2D eigenvalue weighted by atomic mass is 16.2. The van der Waals surface area contributed by atoms with Crippen molar-refractivity contribution >= 4 is 11.8 Å². The summed E-state index contributed by atoms with van der Waals surface area (Å²) in [5.74, 6) is 1.12. The normalized spacial score (nSPS) is 27.1. The first kappa shape index (κ1) is 15.0. The van der Waals surface area contributed by atoms with Crippen molar-refractivity contribution in [2.45, 2.75) is 59.5 Å². The number of carbonyl (C=O) groups excluding carboxylic acids is 2. The Morgan fingerprint density at radius 2 is 1.89 bits per heavy atom. The van der Waals surface area contributed by atoms with E-state index >= 15 is 0 Å². The third kappa shape index (κ3) is 4.00. The summed E-state index contributed by atoms with van der Waals surface area (Å²) < 4.78 is 0. The number of amides is 2. The quantitative estimate of drug-likeness (QED) is 0.831. The van der Waals surface area contributed by atoms with E-state index in [1.54, 1.807) is 6.92 Å². The van der Waals surface area contributed by atoms with Crippen molar-refractivity contribution in [3.8, 4) is 0 Å². The average molecular weight is 254 g/mol. The van der Waals surface area contributed by atoms with E-state index in [0.717, 1.165) is 13.0 Å². The van der Waals surface area contributed by atoms with Gasteiger partial charge in [-0.2, -0.15) is 0 Å². The van der Waals surface area contributed by atoms with E-state index in [1.165, 1.54) is 0 Å². The summed E-state index contributed by atoms with van der Waals surface area (Å²) in [6.45, 7) is 11.0. The lowest BCUT2D eigenvalue weighted by Crippen LogP contribution is -2.46. The van der Waals surface area contributed by atoms with Gasteiger partial charge in [0, 0.05) is 19.0 Å². The van der Waals surface area contributed by atoms with Gasteiger partial charge in [-0.05, 0) is 32.1 Å². The van der Waals surface area contributed by atoms with Crippen LogP contribution in [-0.2, 0) is 9.59 Å². The summed E-state index contributed by atoms with van der Waals surface area (Å²) in [5.41, 5.74) is 0. The van der Waals surface area contributed by atoms with Crippen LogP contribution in [0.2, 0.25) is 0 Å². The van der Waals surface area contributed by atoms with Crippen LogP contribution in [-0.4, -0.2) is 35.3 Å². The predicted octanol–water partition coefficient (Wildman–Crippen LogP) is 1.79. The molecule has 0 aromatic rings. The van der Waals surface area contributed by atoms with Crippen LogP contribution in [0.3, 0.4) is 0 Å². The van der Waals surface area contributed by atoms with E-state index in [1.807, 2.05) is 11.8 Å². The Bertz CT molecular complexity index is 315. The minimum atomic E-state index is -0.395. The van der Waals surface area contributed by atoms with Gasteiger partial charge < -0.3 is 10.2 Å².